The van der Waals surface area contributed by atoms with Crippen LogP contribution >= 0.6 is 11.6 Å². The van der Waals surface area contributed by atoms with Crippen LogP contribution in [-0.2, 0) is 6.54 Å². The van der Waals surface area contributed by atoms with E-state index in [0.29, 0.717) is 10.6 Å². The van der Waals surface area contributed by atoms with Gasteiger partial charge in [0.2, 0.25) is 0 Å². The van der Waals surface area contributed by atoms with E-state index in [4.69, 9.17) is 11.6 Å². The topological polar surface area (TPSA) is 55.2 Å². The van der Waals surface area contributed by atoms with Crippen molar-refractivity contribution in [2.24, 2.45) is 0 Å². The van der Waals surface area contributed by atoms with Gasteiger partial charge in [-0.05, 0) is 36.4 Å². The van der Waals surface area contributed by atoms with Crippen molar-refractivity contribution in [2.75, 3.05) is 5.32 Å². The summed E-state index contributed by atoms with van der Waals surface area (Å²) in [4.78, 5) is 10.3. The van der Waals surface area contributed by atoms with Crippen LogP contribution in [-0.4, -0.2) is 4.92 Å². The molecular formula is C13H10ClFN2O2. The number of hydrogen-bond acceptors (Lipinski definition) is 3. The highest BCUT2D eigenvalue weighted by Gasteiger charge is 2.13. The number of halogens is 2. The molecule has 1 N–H and O–H groups in total. The van der Waals surface area contributed by atoms with E-state index in [1.807, 2.05) is 0 Å². The third-order valence-electron chi connectivity index (χ3n) is 2.57. The summed E-state index contributed by atoms with van der Waals surface area (Å²) in [6.45, 7) is 0.162. The van der Waals surface area contributed by atoms with Crippen LogP contribution in [0.25, 0.3) is 0 Å². The van der Waals surface area contributed by atoms with E-state index in [1.165, 1.54) is 0 Å². The first-order valence-corrected chi connectivity index (χ1v) is 5.86. The second-order valence-corrected chi connectivity index (χ2v) is 4.33. The molecular weight excluding hydrogens is 271 g/mol. The predicted molar refractivity (Wildman–Crippen MR) is 71.8 cm³/mol. The second-order valence-electron chi connectivity index (χ2n) is 3.89. The minimum Gasteiger partial charge on any atom is -0.381 e. The number of benzene rings is 2. The maximum atomic E-state index is 13.1. The molecule has 0 aliphatic heterocycles. The van der Waals surface area contributed by atoms with Crippen molar-refractivity contribution in [1.29, 1.82) is 0 Å². The van der Waals surface area contributed by atoms with Gasteiger partial charge in [0.15, 0.2) is 0 Å². The van der Waals surface area contributed by atoms with Crippen molar-refractivity contribution in [3.8, 4) is 0 Å². The molecule has 0 saturated heterocycles. The molecule has 0 aromatic heterocycles. The number of nitrogens with one attached hydrogen (secondary N) is 1. The second kappa shape index (κ2) is 5.67. The Morgan fingerprint density at radius 1 is 1.21 bits per heavy atom. The van der Waals surface area contributed by atoms with Crippen LogP contribution in [0.2, 0.25) is 5.02 Å². The van der Waals surface area contributed by atoms with Crippen LogP contribution in [0.3, 0.4) is 0 Å². The van der Waals surface area contributed by atoms with E-state index in [-0.39, 0.29) is 12.2 Å². The molecule has 2 rings (SSSR count). The van der Waals surface area contributed by atoms with Gasteiger partial charge in [-0.2, -0.15) is 0 Å². The van der Waals surface area contributed by atoms with Gasteiger partial charge in [0.05, 0.1) is 10.5 Å². The summed E-state index contributed by atoms with van der Waals surface area (Å²) < 4.78 is 13.1. The van der Waals surface area contributed by atoms with E-state index in [2.05, 4.69) is 5.32 Å². The van der Waals surface area contributed by atoms with Crippen molar-refractivity contribution in [1.82, 2.24) is 0 Å². The molecule has 2 aromatic rings. The summed E-state index contributed by atoms with van der Waals surface area (Å²) in [5, 5.41) is 14.4. The molecule has 6 heteroatoms. The Balaban J connectivity index is 2.16. The van der Waals surface area contributed by atoms with Crippen molar-refractivity contribution >= 4 is 23.0 Å². The monoisotopic (exact) mass is 280 g/mol. The molecule has 98 valence electrons. The lowest BCUT2D eigenvalue weighted by atomic mass is 10.1. The minimum absolute atomic E-state index is 0.108. The zero-order chi connectivity index (χ0) is 13.8. The van der Waals surface area contributed by atoms with E-state index in [9.17, 15) is 14.5 Å². The Labute approximate surface area is 114 Å². The van der Waals surface area contributed by atoms with Gasteiger partial charge in [-0.25, -0.2) is 4.39 Å². The molecule has 0 bridgehead atoms. The van der Waals surface area contributed by atoms with Gasteiger partial charge >= 0.3 is 0 Å². The molecule has 0 atom stereocenters. The van der Waals surface area contributed by atoms with Crippen LogP contribution in [0.1, 0.15) is 5.56 Å². The largest absolute Gasteiger partial charge is 0.381 e. The maximum absolute atomic E-state index is 13.1. The highest BCUT2D eigenvalue weighted by atomic mass is 35.5. The first kappa shape index (κ1) is 13.3. The van der Waals surface area contributed by atoms with E-state index in [1.54, 1.807) is 24.3 Å². The Morgan fingerprint density at radius 3 is 2.53 bits per heavy atom. The summed E-state index contributed by atoms with van der Waals surface area (Å²) >= 11 is 5.75. The first-order chi connectivity index (χ1) is 9.06. The fourth-order valence-electron chi connectivity index (χ4n) is 1.64. The van der Waals surface area contributed by atoms with Crippen LogP contribution in [0, 0.1) is 15.9 Å². The zero-order valence-electron chi connectivity index (χ0n) is 9.77. The van der Waals surface area contributed by atoms with Gasteiger partial charge < -0.3 is 5.32 Å². The Hall–Kier alpha value is -2.14. The molecule has 0 amide bonds. The average molecular weight is 281 g/mol. The van der Waals surface area contributed by atoms with Gasteiger partial charge in [0, 0.05) is 23.3 Å². The van der Waals surface area contributed by atoms with Crippen LogP contribution in [0.5, 0.6) is 0 Å². The van der Waals surface area contributed by atoms with E-state index in [0.717, 1.165) is 23.9 Å². The molecule has 19 heavy (non-hydrogen) atoms. The number of rotatable bonds is 4. The highest BCUT2D eigenvalue weighted by molar-refractivity contribution is 6.30. The molecule has 0 fully saturated rings. The number of hydrogen-bond donors (Lipinski definition) is 1. The summed E-state index contributed by atoms with van der Waals surface area (Å²) in [6.07, 6.45) is 0. The normalized spacial score (nSPS) is 10.2. The lowest BCUT2D eigenvalue weighted by molar-refractivity contribution is -0.385. The maximum Gasteiger partial charge on any atom is 0.274 e. The third-order valence-corrected chi connectivity index (χ3v) is 2.82. The number of anilines is 1. The fraction of sp³-hybridized carbons (Fsp3) is 0.0769. The van der Waals surface area contributed by atoms with Gasteiger partial charge in [-0.15, -0.1) is 0 Å². The molecule has 0 spiro atoms. The SMILES string of the molecule is O=[N+]([O-])c1ccc(F)cc1CNc1ccc(Cl)cc1. The Kier molecular flexibility index (Phi) is 3.97. The van der Waals surface area contributed by atoms with Crippen molar-refractivity contribution < 1.29 is 9.31 Å². The standard InChI is InChI=1S/C13H10ClFN2O2/c14-10-1-4-12(5-2-10)16-8-9-7-11(15)3-6-13(9)17(18)19/h1-7,16H,8H2. The Morgan fingerprint density at radius 2 is 1.89 bits per heavy atom. The molecule has 4 nitrogen and oxygen atoms in total. The van der Waals surface area contributed by atoms with E-state index < -0.39 is 10.7 Å². The molecule has 0 radical (unpaired) electrons. The average Bonchev–Trinajstić information content (AvgIpc) is 2.38. The van der Waals surface area contributed by atoms with Crippen LogP contribution in [0.15, 0.2) is 42.5 Å². The van der Waals surface area contributed by atoms with Gasteiger partial charge in [0.1, 0.15) is 5.82 Å². The van der Waals surface area contributed by atoms with Crippen molar-refractivity contribution in [3.63, 3.8) is 0 Å². The van der Waals surface area contributed by atoms with E-state index >= 15 is 0 Å². The minimum atomic E-state index is -0.529. The molecule has 0 heterocycles. The number of nitrogens with zero attached hydrogens (tertiary/aromatic N) is 1. The van der Waals surface area contributed by atoms with Crippen molar-refractivity contribution in [3.05, 3.63) is 69.0 Å². The predicted octanol–water partition coefficient (Wildman–Crippen LogP) is 4.00. The lowest BCUT2D eigenvalue weighted by Gasteiger charge is -2.07. The summed E-state index contributed by atoms with van der Waals surface area (Å²) in [6, 6.07) is 10.3. The highest BCUT2D eigenvalue weighted by Crippen LogP contribution is 2.21. The Bertz CT molecular complexity index is 602. The molecule has 0 saturated carbocycles. The summed E-state index contributed by atoms with van der Waals surface area (Å²) in [7, 11) is 0. The van der Waals surface area contributed by atoms with Crippen molar-refractivity contribution in [2.45, 2.75) is 6.54 Å². The lowest BCUT2D eigenvalue weighted by Crippen LogP contribution is -2.03. The summed E-state index contributed by atoms with van der Waals surface area (Å²) in [5.41, 5.74) is 0.936. The van der Waals surface area contributed by atoms with Crippen LogP contribution in [0.4, 0.5) is 15.8 Å². The molecule has 0 aliphatic carbocycles. The van der Waals surface area contributed by atoms with Gasteiger partial charge in [-0.3, -0.25) is 10.1 Å². The van der Waals surface area contributed by atoms with Gasteiger partial charge in [-0.1, -0.05) is 11.6 Å². The zero-order valence-corrected chi connectivity index (χ0v) is 10.5. The van der Waals surface area contributed by atoms with Crippen LogP contribution < -0.4 is 5.32 Å². The molecule has 0 unspecified atom stereocenters. The third kappa shape index (κ3) is 3.42. The fourth-order valence-corrected chi connectivity index (χ4v) is 1.76. The summed E-state index contributed by atoms with van der Waals surface area (Å²) in [5.74, 6) is -0.501. The molecule has 2 aromatic carbocycles. The number of nitro groups is 1. The van der Waals surface area contributed by atoms with Gasteiger partial charge in [0.25, 0.3) is 5.69 Å². The molecule has 0 aliphatic rings. The number of nitro benzene ring substituents is 1. The smallest absolute Gasteiger partial charge is 0.274 e. The first-order valence-electron chi connectivity index (χ1n) is 5.48. The quantitative estimate of drug-likeness (QED) is 0.680.